The van der Waals surface area contributed by atoms with Gasteiger partial charge in [-0.05, 0) is 13.0 Å². The lowest BCUT2D eigenvalue weighted by molar-refractivity contribution is -0.156. The molecule has 9 heteroatoms. The molecule has 1 unspecified atom stereocenters. The number of rotatable bonds is 5. The summed E-state index contributed by atoms with van der Waals surface area (Å²) in [6.45, 7) is 2.01. The lowest BCUT2D eigenvalue weighted by atomic mass is 10.3. The van der Waals surface area contributed by atoms with Gasteiger partial charge in [0.2, 0.25) is 5.95 Å². The maximum atomic E-state index is 12.0. The molecule has 118 valence electrons. The van der Waals surface area contributed by atoms with Gasteiger partial charge < -0.3 is 15.0 Å². The molecule has 0 aliphatic carbocycles. The number of esters is 1. The molecule has 1 N–H and O–H groups in total. The van der Waals surface area contributed by atoms with E-state index in [1.165, 1.54) is 11.8 Å². The van der Waals surface area contributed by atoms with Gasteiger partial charge in [-0.3, -0.25) is 14.5 Å². The molecule has 22 heavy (non-hydrogen) atoms. The molecule has 3 amide bonds. The Morgan fingerprint density at radius 3 is 2.73 bits per heavy atom. The summed E-state index contributed by atoms with van der Waals surface area (Å²) in [5.74, 6) is -0.769. The Labute approximate surface area is 127 Å². The predicted molar refractivity (Wildman–Crippen MR) is 76.0 cm³/mol. The first-order chi connectivity index (χ1) is 10.5. The molecular weight excluding hydrogens is 290 g/mol. The van der Waals surface area contributed by atoms with Crippen molar-refractivity contribution in [3.8, 4) is 0 Å². The van der Waals surface area contributed by atoms with Crippen LogP contribution in [-0.4, -0.2) is 65.6 Å². The number of hydrogen-bond acceptors (Lipinski definition) is 7. The van der Waals surface area contributed by atoms with Crippen LogP contribution in [0.25, 0.3) is 0 Å². The standard InChI is InChI=1S/C13H17N5O4/c1-9(11(20)18-7-6-16-13(18)21)22-10(19)8-17(2)12-14-4-3-5-15-12/h3-5,9H,6-8H2,1-2H3,(H,16,21). The molecule has 0 spiro atoms. The van der Waals surface area contributed by atoms with Gasteiger partial charge in [-0.1, -0.05) is 0 Å². The molecule has 2 rings (SSSR count). The van der Waals surface area contributed by atoms with Crippen LogP contribution in [-0.2, 0) is 14.3 Å². The minimum atomic E-state index is -1.03. The van der Waals surface area contributed by atoms with Crippen LogP contribution in [0.5, 0.6) is 0 Å². The highest BCUT2D eigenvalue weighted by Gasteiger charge is 2.31. The van der Waals surface area contributed by atoms with Crippen molar-refractivity contribution in [2.24, 2.45) is 0 Å². The second-order valence-electron chi connectivity index (χ2n) is 4.76. The Bertz CT molecular complexity index is 565. The van der Waals surface area contributed by atoms with Crippen LogP contribution >= 0.6 is 0 Å². The number of nitrogens with one attached hydrogen (secondary N) is 1. The van der Waals surface area contributed by atoms with Gasteiger partial charge in [0.1, 0.15) is 6.54 Å². The van der Waals surface area contributed by atoms with Gasteiger partial charge in [-0.2, -0.15) is 0 Å². The fraction of sp³-hybridized carbons (Fsp3) is 0.462. The first kappa shape index (κ1) is 15.7. The molecule has 0 radical (unpaired) electrons. The number of aromatic nitrogens is 2. The summed E-state index contributed by atoms with van der Waals surface area (Å²) in [5, 5.41) is 2.51. The van der Waals surface area contributed by atoms with Crippen molar-refractivity contribution < 1.29 is 19.1 Å². The molecule has 1 aromatic rings. The number of carbonyl (C=O) groups is 3. The van der Waals surface area contributed by atoms with Crippen LogP contribution in [0.15, 0.2) is 18.5 Å². The minimum Gasteiger partial charge on any atom is -0.451 e. The summed E-state index contributed by atoms with van der Waals surface area (Å²) in [6.07, 6.45) is 2.09. The van der Waals surface area contributed by atoms with Crippen LogP contribution < -0.4 is 10.2 Å². The number of carbonyl (C=O) groups excluding carboxylic acids is 3. The Morgan fingerprint density at radius 1 is 1.45 bits per heavy atom. The van der Waals surface area contributed by atoms with Gasteiger partial charge in [0, 0.05) is 32.5 Å². The number of hydrogen-bond donors (Lipinski definition) is 1. The average Bonchev–Trinajstić information content (AvgIpc) is 2.93. The topological polar surface area (TPSA) is 105 Å². The van der Waals surface area contributed by atoms with E-state index in [1.807, 2.05) is 0 Å². The molecule has 1 aliphatic rings. The SMILES string of the molecule is CC(OC(=O)CN(C)c1ncccn1)C(=O)N1CCNC1=O. The molecule has 0 saturated carbocycles. The molecule has 0 bridgehead atoms. The smallest absolute Gasteiger partial charge is 0.326 e. The van der Waals surface area contributed by atoms with Crippen molar-refractivity contribution >= 4 is 23.9 Å². The van der Waals surface area contributed by atoms with E-state index in [-0.39, 0.29) is 13.1 Å². The van der Waals surface area contributed by atoms with Crippen molar-refractivity contribution in [1.29, 1.82) is 0 Å². The second-order valence-corrected chi connectivity index (χ2v) is 4.76. The summed E-state index contributed by atoms with van der Waals surface area (Å²) >= 11 is 0. The van der Waals surface area contributed by atoms with E-state index in [0.717, 1.165) is 4.90 Å². The number of nitrogens with zero attached hydrogens (tertiary/aromatic N) is 4. The molecular formula is C13H17N5O4. The van der Waals surface area contributed by atoms with Crippen LogP contribution in [0.2, 0.25) is 0 Å². The number of likely N-dealkylation sites (N-methyl/N-ethyl adjacent to an activating group) is 1. The summed E-state index contributed by atoms with van der Waals surface area (Å²) < 4.78 is 5.06. The van der Waals surface area contributed by atoms with E-state index >= 15 is 0 Å². The Hall–Kier alpha value is -2.71. The molecule has 0 aromatic carbocycles. The van der Waals surface area contributed by atoms with Gasteiger partial charge in [-0.25, -0.2) is 14.8 Å². The predicted octanol–water partition coefficient (Wildman–Crippen LogP) is -0.604. The summed E-state index contributed by atoms with van der Waals surface area (Å²) in [6, 6.07) is 1.19. The fourth-order valence-electron chi connectivity index (χ4n) is 1.94. The van der Waals surface area contributed by atoms with Crippen molar-refractivity contribution in [3.05, 3.63) is 18.5 Å². The molecule has 1 saturated heterocycles. The van der Waals surface area contributed by atoms with E-state index < -0.39 is 24.0 Å². The van der Waals surface area contributed by atoms with E-state index in [4.69, 9.17) is 4.74 Å². The average molecular weight is 307 g/mol. The molecule has 1 aliphatic heterocycles. The molecule has 2 heterocycles. The van der Waals surface area contributed by atoms with Gasteiger partial charge in [0.15, 0.2) is 6.10 Å². The lowest BCUT2D eigenvalue weighted by Crippen LogP contribution is -2.42. The Kier molecular flexibility index (Phi) is 4.87. The van der Waals surface area contributed by atoms with E-state index in [1.54, 1.807) is 25.5 Å². The zero-order valence-electron chi connectivity index (χ0n) is 12.4. The maximum absolute atomic E-state index is 12.0. The second kappa shape index (κ2) is 6.83. The minimum absolute atomic E-state index is 0.103. The molecule has 1 aromatic heterocycles. The van der Waals surface area contributed by atoms with Crippen LogP contribution in [0.3, 0.4) is 0 Å². The lowest BCUT2D eigenvalue weighted by Gasteiger charge is -2.20. The zero-order chi connectivity index (χ0) is 16.1. The van der Waals surface area contributed by atoms with Gasteiger partial charge in [0.25, 0.3) is 5.91 Å². The third-order valence-electron chi connectivity index (χ3n) is 3.04. The van der Waals surface area contributed by atoms with Crippen molar-refractivity contribution in [2.45, 2.75) is 13.0 Å². The normalized spacial score (nSPS) is 15.2. The van der Waals surface area contributed by atoms with Gasteiger partial charge in [-0.15, -0.1) is 0 Å². The third-order valence-corrected chi connectivity index (χ3v) is 3.04. The highest BCUT2D eigenvalue weighted by atomic mass is 16.5. The Morgan fingerprint density at radius 2 is 2.14 bits per heavy atom. The molecule has 1 atom stereocenters. The van der Waals surface area contributed by atoms with Crippen molar-refractivity contribution in [2.75, 3.05) is 31.6 Å². The monoisotopic (exact) mass is 307 g/mol. The molecule has 1 fully saturated rings. The fourth-order valence-corrected chi connectivity index (χ4v) is 1.94. The highest BCUT2D eigenvalue weighted by Crippen LogP contribution is 2.06. The number of urea groups is 1. The van der Waals surface area contributed by atoms with E-state index in [0.29, 0.717) is 12.5 Å². The number of amides is 3. The quantitative estimate of drug-likeness (QED) is 0.724. The maximum Gasteiger partial charge on any atom is 0.326 e. The number of anilines is 1. The van der Waals surface area contributed by atoms with Crippen molar-refractivity contribution in [1.82, 2.24) is 20.2 Å². The number of ether oxygens (including phenoxy) is 1. The number of imide groups is 1. The molecule has 9 nitrogen and oxygen atoms in total. The third kappa shape index (κ3) is 3.68. The van der Waals surface area contributed by atoms with E-state index in [9.17, 15) is 14.4 Å². The first-order valence-electron chi connectivity index (χ1n) is 6.76. The highest BCUT2D eigenvalue weighted by molar-refractivity contribution is 5.98. The summed E-state index contributed by atoms with van der Waals surface area (Å²) in [7, 11) is 1.64. The summed E-state index contributed by atoms with van der Waals surface area (Å²) in [5.41, 5.74) is 0. The van der Waals surface area contributed by atoms with Gasteiger partial charge in [0.05, 0.1) is 0 Å². The van der Waals surface area contributed by atoms with E-state index in [2.05, 4.69) is 15.3 Å². The van der Waals surface area contributed by atoms with Crippen LogP contribution in [0.4, 0.5) is 10.7 Å². The van der Waals surface area contributed by atoms with Gasteiger partial charge >= 0.3 is 12.0 Å². The first-order valence-corrected chi connectivity index (χ1v) is 6.76. The van der Waals surface area contributed by atoms with Crippen molar-refractivity contribution in [3.63, 3.8) is 0 Å². The zero-order valence-corrected chi connectivity index (χ0v) is 12.4. The van der Waals surface area contributed by atoms with Crippen LogP contribution in [0, 0.1) is 0 Å². The van der Waals surface area contributed by atoms with Crippen LogP contribution in [0.1, 0.15) is 6.92 Å². The largest absolute Gasteiger partial charge is 0.451 e. The Balaban J connectivity index is 1.86. The summed E-state index contributed by atoms with van der Waals surface area (Å²) in [4.78, 5) is 45.8.